The summed E-state index contributed by atoms with van der Waals surface area (Å²) >= 11 is 0. The van der Waals surface area contributed by atoms with E-state index in [4.69, 9.17) is 0 Å². The van der Waals surface area contributed by atoms with E-state index in [1.54, 1.807) is 16.7 Å². The van der Waals surface area contributed by atoms with Crippen LogP contribution in [0.25, 0.3) is 0 Å². The van der Waals surface area contributed by atoms with Crippen LogP contribution >= 0.6 is 0 Å². The summed E-state index contributed by atoms with van der Waals surface area (Å²) in [4.78, 5) is 0. The number of benzene rings is 1. The summed E-state index contributed by atoms with van der Waals surface area (Å²) in [7, 11) is 0. The van der Waals surface area contributed by atoms with Crippen LogP contribution in [0.1, 0.15) is 95.1 Å². The van der Waals surface area contributed by atoms with Crippen molar-refractivity contribution in [3.05, 3.63) is 47.0 Å². The first-order valence-corrected chi connectivity index (χ1v) is 10.5. The van der Waals surface area contributed by atoms with E-state index in [9.17, 15) is 0 Å². The van der Waals surface area contributed by atoms with Gasteiger partial charge >= 0.3 is 0 Å². The molecule has 0 nitrogen and oxygen atoms in total. The summed E-state index contributed by atoms with van der Waals surface area (Å²) in [6.07, 6.45) is 17.6. The largest absolute Gasteiger partial charge is 0.0851 e. The predicted molar refractivity (Wildman–Crippen MR) is 105 cm³/mol. The fraction of sp³-hybridized carbons (Fsp3) is 0.667. The highest BCUT2D eigenvalue weighted by Crippen LogP contribution is 2.37. The first-order valence-electron chi connectivity index (χ1n) is 10.5. The lowest BCUT2D eigenvalue weighted by Crippen LogP contribution is -2.12. The van der Waals surface area contributed by atoms with Crippen molar-refractivity contribution in [3.8, 4) is 0 Å². The van der Waals surface area contributed by atoms with Crippen LogP contribution in [0.2, 0.25) is 0 Å². The van der Waals surface area contributed by atoms with Gasteiger partial charge in [0.15, 0.2) is 0 Å². The van der Waals surface area contributed by atoms with Gasteiger partial charge in [-0.3, -0.25) is 0 Å². The summed E-state index contributed by atoms with van der Waals surface area (Å²) in [5.41, 5.74) is 4.83. The summed E-state index contributed by atoms with van der Waals surface area (Å²) in [6, 6.07) is 9.69. The summed E-state index contributed by atoms with van der Waals surface area (Å²) in [5.74, 6) is 2.75. The molecule has 1 unspecified atom stereocenters. The van der Waals surface area contributed by atoms with Crippen LogP contribution in [0.5, 0.6) is 0 Å². The molecule has 2 aliphatic rings. The third-order valence-electron chi connectivity index (χ3n) is 6.78. The fourth-order valence-corrected chi connectivity index (χ4v) is 4.76. The van der Waals surface area contributed by atoms with E-state index in [1.165, 1.54) is 70.6 Å². The maximum absolute atomic E-state index is 2.52. The predicted octanol–water partition coefficient (Wildman–Crippen LogP) is 7.44. The molecule has 1 fully saturated rings. The van der Waals surface area contributed by atoms with Crippen molar-refractivity contribution in [2.24, 2.45) is 11.8 Å². The van der Waals surface area contributed by atoms with Gasteiger partial charge in [-0.2, -0.15) is 0 Å². The highest BCUT2D eigenvalue weighted by Gasteiger charge is 2.21. The number of hydrogen-bond donors (Lipinski definition) is 0. The molecule has 1 saturated carbocycles. The highest BCUT2D eigenvalue weighted by atomic mass is 14.3. The maximum atomic E-state index is 2.52. The van der Waals surface area contributed by atoms with Crippen molar-refractivity contribution in [1.29, 1.82) is 0 Å². The molecule has 2 aliphatic carbocycles. The quantitative estimate of drug-likeness (QED) is 0.477. The zero-order valence-electron chi connectivity index (χ0n) is 15.9. The molecule has 0 spiro atoms. The average Bonchev–Trinajstić information content (AvgIpc) is 2.67. The Morgan fingerprint density at radius 2 is 1.62 bits per heavy atom. The van der Waals surface area contributed by atoms with Crippen molar-refractivity contribution in [1.82, 2.24) is 0 Å². The van der Waals surface area contributed by atoms with Crippen molar-refractivity contribution >= 4 is 0 Å². The lowest BCUT2D eigenvalue weighted by Gasteiger charge is -2.28. The van der Waals surface area contributed by atoms with Crippen LogP contribution in [-0.2, 0) is 6.42 Å². The molecule has 0 radical (unpaired) electrons. The number of aryl methyl sites for hydroxylation is 1. The van der Waals surface area contributed by atoms with E-state index in [0.717, 1.165) is 17.8 Å². The molecular formula is C24H36. The van der Waals surface area contributed by atoms with E-state index < -0.39 is 0 Å². The third-order valence-corrected chi connectivity index (χ3v) is 6.78. The molecule has 1 aromatic carbocycles. The Labute approximate surface area is 149 Å². The van der Waals surface area contributed by atoms with E-state index in [1.807, 2.05) is 0 Å². The van der Waals surface area contributed by atoms with Crippen LogP contribution < -0.4 is 0 Å². The zero-order valence-corrected chi connectivity index (χ0v) is 15.9. The Balaban J connectivity index is 1.46. The van der Waals surface area contributed by atoms with Gasteiger partial charge in [-0.15, -0.1) is 0 Å². The van der Waals surface area contributed by atoms with Gasteiger partial charge in [-0.05, 0) is 93.1 Å². The highest BCUT2D eigenvalue weighted by molar-refractivity contribution is 5.26. The Kier molecular flexibility index (Phi) is 6.58. The topological polar surface area (TPSA) is 0 Å². The molecule has 132 valence electrons. The average molecular weight is 325 g/mol. The van der Waals surface area contributed by atoms with Crippen molar-refractivity contribution in [2.45, 2.75) is 90.4 Å². The van der Waals surface area contributed by atoms with E-state index >= 15 is 0 Å². The first kappa shape index (κ1) is 17.8. The summed E-state index contributed by atoms with van der Waals surface area (Å²) in [6.45, 7) is 4.65. The minimum absolute atomic E-state index is 0.831. The zero-order chi connectivity index (χ0) is 16.8. The number of allylic oxidation sites excluding steroid dienone is 2. The van der Waals surface area contributed by atoms with Crippen LogP contribution in [0, 0.1) is 11.8 Å². The fourth-order valence-electron chi connectivity index (χ4n) is 4.76. The van der Waals surface area contributed by atoms with Crippen LogP contribution in [0.15, 0.2) is 35.9 Å². The van der Waals surface area contributed by atoms with E-state index in [2.05, 4.69) is 44.2 Å². The number of hydrogen-bond acceptors (Lipinski definition) is 0. The lowest BCUT2D eigenvalue weighted by molar-refractivity contribution is 0.319. The van der Waals surface area contributed by atoms with Gasteiger partial charge in [0.05, 0.1) is 0 Å². The molecule has 0 N–H and O–H groups in total. The third kappa shape index (κ3) is 4.74. The molecule has 0 saturated heterocycles. The molecule has 0 aliphatic heterocycles. The maximum Gasteiger partial charge on any atom is -0.0162 e. The summed E-state index contributed by atoms with van der Waals surface area (Å²) < 4.78 is 0. The Bertz CT molecular complexity index is 513. The molecule has 24 heavy (non-hydrogen) atoms. The van der Waals surface area contributed by atoms with Gasteiger partial charge in [0, 0.05) is 0 Å². The molecule has 0 amide bonds. The van der Waals surface area contributed by atoms with Crippen molar-refractivity contribution < 1.29 is 0 Å². The molecular weight excluding hydrogens is 288 g/mol. The van der Waals surface area contributed by atoms with E-state index in [0.29, 0.717) is 0 Å². The Morgan fingerprint density at radius 3 is 2.21 bits per heavy atom. The molecule has 3 rings (SSSR count). The normalized spacial score (nSPS) is 27.8. The van der Waals surface area contributed by atoms with Crippen LogP contribution in [-0.4, -0.2) is 0 Å². The van der Waals surface area contributed by atoms with Gasteiger partial charge in [-0.1, -0.05) is 56.2 Å². The standard InChI is InChI=1S/C24H36/c1-3-19-5-7-21(8-6-19)9-10-22-13-17-24(18-14-22)23-15-11-20(4-2)12-16-23/h5,13-14,17-18,20-21,23H,3-4,6-12,15-16H2,1-2H3. The summed E-state index contributed by atoms with van der Waals surface area (Å²) in [5, 5.41) is 0. The molecule has 0 bridgehead atoms. The Hall–Kier alpha value is -1.04. The minimum Gasteiger partial charge on any atom is -0.0851 e. The van der Waals surface area contributed by atoms with Gasteiger partial charge in [0.1, 0.15) is 0 Å². The second-order valence-corrected chi connectivity index (χ2v) is 8.26. The second-order valence-electron chi connectivity index (χ2n) is 8.26. The smallest absolute Gasteiger partial charge is 0.0162 e. The minimum atomic E-state index is 0.831. The first-order chi connectivity index (χ1) is 11.8. The van der Waals surface area contributed by atoms with Gasteiger partial charge in [-0.25, -0.2) is 0 Å². The lowest BCUT2D eigenvalue weighted by atomic mass is 9.77. The molecule has 1 aromatic rings. The monoisotopic (exact) mass is 324 g/mol. The molecule has 0 heterocycles. The van der Waals surface area contributed by atoms with Gasteiger partial charge < -0.3 is 0 Å². The van der Waals surface area contributed by atoms with Gasteiger partial charge in [0.2, 0.25) is 0 Å². The van der Waals surface area contributed by atoms with Crippen molar-refractivity contribution in [3.63, 3.8) is 0 Å². The Morgan fingerprint density at radius 1 is 0.875 bits per heavy atom. The van der Waals surface area contributed by atoms with Crippen LogP contribution in [0.4, 0.5) is 0 Å². The SMILES string of the molecule is CCC1=CCC(CCc2ccc(C3CCC(CC)CC3)cc2)CC1. The molecule has 1 atom stereocenters. The van der Waals surface area contributed by atoms with Crippen molar-refractivity contribution in [2.75, 3.05) is 0 Å². The second kappa shape index (κ2) is 8.88. The van der Waals surface area contributed by atoms with Gasteiger partial charge in [0.25, 0.3) is 0 Å². The molecule has 0 heteroatoms. The number of rotatable bonds is 6. The van der Waals surface area contributed by atoms with Crippen LogP contribution in [0.3, 0.4) is 0 Å². The molecule has 0 aromatic heterocycles. The van der Waals surface area contributed by atoms with E-state index in [-0.39, 0.29) is 0 Å².